The molecule has 2 rings (SSSR count). The lowest BCUT2D eigenvalue weighted by Crippen LogP contribution is -2.32. The summed E-state index contributed by atoms with van der Waals surface area (Å²) in [5.74, 6) is -0.160. The van der Waals surface area contributed by atoms with Gasteiger partial charge in [0.25, 0.3) is 0 Å². The maximum absolute atomic E-state index is 12.1. The van der Waals surface area contributed by atoms with Crippen LogP contribution in [0.15, 0.2) is 18.2 Å². The molecule has 0 radical (unpaired) electrons. The van der Waals surface area contributed by atoms with Gasteiger partial charge in [0, 0.05) is 32.7 Å². The van der Waals surface area contributed by atoms with Crippen LogP contribution in [-0.2, 0) is 9.59 Å². The zero-order valence-electron chi connectivity index (χ0n) is 11.9. The smallest absolute Gasteiger partial charge is 0.227 e. The lowest BCUT2D eigenvalue weighted by Gasteiger charge is -2.19. The average Bonchev–Trinajstić information content (AvgIpc) is 2.73. The third-order valence-electron chi connectivity index (χ3n) is 3.72. The fourth-order valence-electron chi connectivity index (χ4n) is 2.38. The molecule has 102 valence electrons. The van der Waals surface area contributed by atoms with Crippen LogP contribution in [0.2, 0.25) is 0 Å². The average molecular weight is 260 g/mol. The molecule has 0 aliphatic carbocycles. The number of benzene rings is 1. The Labute approximate surface area is 114 Å². The minimum absolute atomic E-state index is 0.0275. The summed E-state index contributed by atoms with van der Waals surface area (Å²) in [5.41, 5.74) is 3.26. The zero-order valence-corrected chi connectivity index (χ0v) is 11.9. The van der Waals surface area contributed by atoms with Gasteiger partial charge in [0.2, 0.25) is 11.8 Å². The lowest BCUT2D eigenvalue weighted by atomic mass is 10.1. The first-order chi connectivity index (χ1) is 8.90. The normalized spacial score (nSPS) is 18.8. The largest absolute Gasteiger partial charge is 0.349 e. The van der Waals surface area contributed by atoms with Crippen LogP contribution < -0.4 is 4.90 Å². The van der Waals surface area contributed by atoms with Crippen LogP contribution in [0.1, 0.15) is 17.5 Å². The van der Waals surface area contributed by atoms with Crippen molar-refractivity contribution in [3.05, 3.63) is 29.3 Å². The summed E-state index contributed by atoms with van der Waals surface area (Å²) in [6.07, 6.45) is 0.309. The molecule has 1 aliphatic heterocycles. The highest BCUT2D eigenvalue weighted by Crippen LogP contribution is 2.27. The maximum Gasteiger partial charge on any atom is 0.227 e. The Kier molecular flexibility index (Phi) is 3.60. The Hall–Kier alpha value is -1.84. The van der Waals surface area contributed by atoms with Crippen molar-refractivity contribution in [3.63, 3.8) is 0 Å². The van der Waals surface area contributed by atoms with Gasteiger partial charge in [-0.2, -0.15) is 0 Å². The third-order valence-corrected chi connectivity index (χ3v) is 3.72. The van der Waals surface area contributed by atoms with E-state index in [1.54, 1.807) is 23.9 Å². The summed E-state index contributed by atoms with van der Waals surface area (Å²) in [6.45, 7) is 4.56. The van der Waals surface area contributed by atoms with E-state index in [0.29, 0.717) is 13.0 Å². The van der Waals surface area contributed by atoms with Crippen LogP contribution in [0.3, 0.4) is 0 Å². The van der Waals surface area contributed by atoms with Crippen molar-refractivity contribution in [3.8, 4) is 0 Å². The van der Waals surface area contributed by atoms with E-state index in [0.717, 1.165) is 11.3 Å². The molecule has 2 amide bonds. The molecule has 1 aromatic carbocycles. The zero-order chi connectivity index (χ0) is 14.2. The first-order valence-corrected chi connectivity index (χ1v) is 6.49. The van der Waals surface area contributed by atoms with Crippen molar-refractivity contribution >= 4 is 17.5 Å². The predicted octanol–water partition coefficient (Wildman–Crippen LogP) is 1.74. The van der Waals surface area contributed by atoms with Gasteiger partial charge in [-0.1, -0.05) is 6.07 Å². The van der Waals surface area contributed by atoms with E-state index in [-0.39, 0.29) is 17.7 Å². The van der Waals surface area contributed by atoms with Gasteiger partial charge < -0.3 is 9.80 Å². The monoisotopic (exact) mass is 260 g/mol. The fraction of sp³-hybridized carbons (Fsp3) is 0.467. The van der Waals surface area contributed by atoms with Crippen molar-refractivity contribution in [2.75, 3.05) is 25.5 Å². The van der Waals surface area contributed by atoms with Crippen LogP contribution in [-0.4, -0.2) is 37.4 Å². The minimum atomic E-state index is -0.218. The molecule has 1 heterocycles. The molecule has 0 bridgehead atoms. The third kappa shape index (κ3) is 2.62. The molecule has 0 aromatic heterocycles. The molecular weight excluding hydrogens is 240 g/mol. The molecule has 4 heteroatoms. The molecule has 0 spiro atoms. The van der Waals surface area contributed by atoms with Crippen molar-refractivity contribution in [2.45, 2.75) is 20.3 Å². The number of nitrogens with zero attached hydrogens (tertiary/aromatic N) is 2. The Morgan fingerprint density at radius 3 is 2.53 bits per heavy atom. The topological polar surface area (TPSA) is 40.6 Å². The van der Waals surface area contributed by atoms with Gasteiger partial charge in [-0.3, -0.25) is 9.59 Å². The summed E-state index contributed by atoms with van der Waals surface area (Å²) in [7, 11) is 3.46. The SMILES string of the molecule is Cc1ccc(N2C[C@@H](C(=O)N(C)C)CC2=O)cc1C. The molecule has 0 unspecified atom stereocenters. The van der Waals surface area contributed by atoms with Crippen LogP contribution in [0.25, 0.3) is 0 Å². The van der Waals surface area contributed by atoms with E-state index in [2.05, 4.69) is 0 Å². The van der Waals surface area contributed by atoms with Gasteiger partial charge in [0.15, 0.2) is 0 Å². The van der Waals surface area contributed by atoms with Gasteiger partial charge in [0.1, 0.15) is 0 Å². The summed E-state index contributed by atoms with van der Waals surface area (Å²) in [6, 6.07) is 5.97. The van der Waals surface area contributed by atoms with Crippen molar-refractivity contribution in [1.82, 2.24) is 4.90 Å². The highest BCUT2D eigenvalue weighted by molar-refractivity contribution is 6.00. The highest BCUT2D eigenvalue weighted by Gasteiger charge is 2.35. The van der Waals surface area contributed by atoms with E-state index in [1.807, 2.05) is 32.0 Å². The highest BCUT2D eigenvalue weighted by atomic mass is 16.2. The Bertz CT molecular complexity index is 523. The summed E-state index contributed by atoms with van der Waals surface area (Å²) < 4.78 is 0. The number of aryl methyl sites for hydroxylation is 2. The van der Waals surface area contributed by atoms with Crippen molar-refractivity contribution < 1.29 is 9.59 Å². The Balaban J connectivity index is 2.20. The molecule has 1 fully saturated rings. The first kappa shape index (κ1) is 13.6. The number of carbonyl (C=O) groups excluding carboxylic acids is 2. The number of amides is 2. The van der Waals surface area contributed by atoms with E-state index < -0.39 is 0 Å². The number of carbonyl (C=O) groups is 2. The van der Waals surface area contributed by atoms with Crippen LogP contribution in [0, 0.1) is 19.8 Å². The molecule has 1 aliphatic rings. The molecule has 1 atom stereocenters. The van der Waals surface area contributed by atoms with E-state index >= 15 is 0 Å². The number of rotatable bonds is 2. The number of hydrogen-bond acceptors (Lipinski definition) is 2. The summed E-state index contributed by atoms with van der Waals surface area (Å²) in [4.78, 5) is 27.3. The standard InChI is InChI=1S/C15H20N2O2/c1-10-5-6-13(7-11(10)2)17-9-12(8-14(17)18)15(19)16(3)4/h5-7,12H,8-9H2,1-4H3/t12-/m0/s1. The van der Waals surface area contributed by atoms with E-state index in [1.165, 1.54) is 5.56 Å². The van der Waals surface area contributed by atoms with Crippen molar-refractivity contribution in [1.29, 1.82) is 0 Å². The molecule has 19 heavy (non-hydrogen) atoms. The number of anilines is 1. The number of hydrogen-bond donors (Lipinski definition) is 0. The minimum Gasteiger partial charge on any atom is -0.349 e. The van der Waals surface area contributed by atoms with E-state index in [4.69, 9.17) is 0 Å². The van der Waals surface area contributed by atoms with Gasteiger partial charge >= 0.3 is 0 Å². The van der Waals surface area contributed by atoms with Crippen LogP contribution in [0.5, 0.6) is 0 Å². The van der Waals surface area contributed by atoms with E-state index in [9.17, 15) is 9.59 Å². The van der Waals surface area contributed by atoms with Gasteiger partial charge in [-0.05, 0) is 37.1 Å². The van der Waals surface area contributed by atoms with Crippen LogP contribution >= 0.6 is 0 Å². The lowest BCUT2D eigenvalue weighted by molar-refractivity contribution is -0.133. The molecule has 0 saturated carbocycles. The Morgan fingerprint density at radius 2 is 1.95 bits per heavy atom. The quantitative estimate of drug-likeness (QED) is 0.812. The second-order valence-corrected chi connectivity index (χ2v) is 5.41. The molecular formula is C15H20N2O2. The molecule has 0 N–H and O–H groups in total. The summed E-state index contributed by atoms with van der Waals surface area (Å²) in [5, 5.41) is 0. The Morgan fingerprint density at radius 1 is 1.26 bits per heavy atom. The van der Waals surface area contributed by atoms with Gasteiger partial charge in [-0.25, -0.2) is 0 Å². The van der Waals surface area contributed by atoms with Crippen molar-refractivity contribution in [2.24, 2.45) is 5.92 Å². The van der Waals surface area contributed by atoms with Gasteiger partial charge in [0.05, 0.1) is 5.92 Å². The maximum atomic E-state index is 12.1. The van der Waals surface area contributed by atoms with Crippen LogP contribution in [0.4, 0.5) is 5.69 Å². The second-order valence-electron chi connectivity index (χ2n) is 5.41. The fourth-order valence-corrected chi connectivity index (χ4v) is 2.38. The van der Waals surface area contributed by atoms with Gasteiger partial charge in [-0.15, -0.1) is 0 Å². The molecule has 4 nitrogen and oxygen atoms in total. The predicted molar refractivity (Wildman–Crippen MR) is 75.1 cm³/mol. The second kappa shape index (κ2) is 5.03. The molecule has 1 aromatic rings. The first-order valence-electron chi connectivity index (χ1n) is 6.49. The summed E-state index contributed by atoms with van der Waals surface area (Å²) >= 11 is 0. The molecule has 1 saturated heterocycles.